The van der Waals surface area contributed by atoms with Crippen molar-refractivity contribution < 1.29 is 4.79 Å². The minimum atomic E-state index is -0.197. The zero-order valence-electron chi connectivity index (χ0n) is 10.9. The SMILES string of the molecule is O=C(NC(CCl)Cc1ccccc1)c1ccccc1Cl. The summed E-state index contributed by atoms with van der Waals surface area (Å²) in [7, 11) is 0. The van der Waals surface area contributed by atoms with E-state index < -0.39 is 0 Å². The van der Waals surface area contributed by atoms with Gasteiger partial charge in [-0.25, -0.2) is 0 Å². The molecule has 0 saturated heterocycles. The molecule has 0 fully saturated rings. The third kappa shape index (κ3) is 3.99. The van der Waals surface area contributed by atoms with Crippen molar-refractivity contribution in [1.82, 2.24) is 5.32 Å². The first-order chi connectivity index (χ1) is 9.70. The zero-order valence-corrected chi connectivity index (χ0v) is 12.4. The lowest BCUT2D eigenvalue weighted by Gasteiger charge is -2.16. The molecule has 20 heavy (non-hydrogen) atoms. The van der Waals surface area contributed by atoms with E-state index in [0.717, 1.165) is 5.56 Å². The van der Waals surface area contributed by atoms with E-state index >= 15 is 0 Å². The van der Waals surface area contributed by atoms with Gasteiger partial charge in [-0.15, -0.1) is 11.6 Å². The second-order valence-electron chi connectivity index (χ2n) is 4.49. The van der Waals surface area contributed by atoms with Gasteiger partial charge in [0, 0.05) is 11.9 Å². The second kappa shape index (κ2) is 7.32. The number of halogens is 2. The van der Waals surface area contributed by atoms with Crippen LogP contribution in [0.4, 0.5) is 0 Å². The zero-order chi connectivity index (χ0) is 14.4. The van der Waals surface area contributed by atoms with Gasteiger partial charge in [0.05, 0.1) is 10.6 Å². The van der Waals surface area contributed by atoms with Crippen molar-refractivity contribution in [3.05, 3.63) is 70.7 Å². The van der Waals surface area contributed by atoms with Crippen molar-refractivity contribution in [2.24, 2.45) is 0 Å². The summed E-state index contributed by atoms with van der Waals surface area (Å²) in [5.41, 5.74) is 1.61. The average molecular weight is 308 g/mol. The Morgan fingerprint density at radius 2 is 1.70 bits per heavy atom. The van der Waals surface area contributed by atoms with Crippen LogP contribution in [0.5, 0.6) is 0 Å². The van der Waals surface area contributed by atoms with E-state index in [4.69, 9.17) is 23.2 Å². The maximum atomic E-state index is 12.2. The summed E-state index contributed by atoms with van der Waals surface area (Å²) in [5.74, 6) is 0.155. The Labute approximate surface area is 128 Å². The summed E-state index contributed by atoms with van der Waals surface area (Å²) >= 11 is 12.0. The molecule has 1 unspecified atom stereocenters. The molecule has 0 aliphatic heterocycles. The first-order valence-electron chi connectivity index (χ1n) is 6.36. The van der Waals surface area contributed by atoms with Crippen LogP contribution in [0.15, 0.2) is 54.6 Å². The second-order valence-corrected chi connectivity index (χ2v) is 5.21. The summed E-state index contributed by atoms with van der Waals surface area (Å²) in [4.78, 5) is 12.2. The van der Waals surface area contributed by atoms with E-state index in [9.17, 15) is 4.79 Å². The number of hydrogen-bond acceptors (Lipinski definition) is 1. The third-order valence-electron chi connectivity index (χ3n) is 2.96. The van der Waals surface area contributed by atoms with Gasteiger partial charge >= 0.3 is 0 Å². The monoisotopic (exact) mass is 307 g/mol. The van der Waals surface area contributed by atoms with Gasteiger partial charge in [0.15, 0.2) is 0 Å². The van der Waals surface area contributed by atoms with Crippen LogP contribution >= 0.6 is 23.2 Å². The van der Waals surface area contributed by atoms with Gasteiger partial charge in [0.1, 0.15) is 0 Å². The van der Waals surface area contributed by atoms with Gasteiger partial charge < -0.3 is 5.32 Å². The molecule has 0 aliphatic carbocycles. The lowest BCUT2D eigenvalue weighted by molar-refractivity contribution is 0.0940. The maximum Gasteiger partial charge on any atom is 0.253 e. The highest BCUT2D eigenvalue weighted by Crippen LogP contribution is 2.15. The van der Waals surface area contributed by atoms with Crippen molar-refractivity contribution in [3.8, 4) is 0 Å². The Morgan fingerprint density at radius 3 is 2.35 bits per heavy atom. The highest BCUT2D eigenvalue weighted by atomic mass is 35.5. The topological polar surface area (TPSA) is 29.1 Å². The highest BCUT2D eigenvalue weighted by Gasteiger charge is 2.15. The number of carbonyl (C=O) groups excluding carboxylic acids is 1. The molecule has 1 N–H and O–H groups in total. The van der Waals surface area contributed by atoms with Crippen LogP contribution in [0.25, 0.3) is 0 Å². The molecule has 0 radical (unpaired) electrons. The molecule has 2 aromatic rings. The molecule has 2 rings (SSSR count). The molecule has 1 amide bonds. The molecule has 0 saturated carbocycles. The molecule has 2 nitrogen and oxygen atoms in total. The van der Waals surface area contributed by atoms with Gasteiger partial charge in [0.25, 0.3) is 5.91 Å². The van der Waals surface area contributed by atoms with Crippen LogP contribution in [-0.2, 0) is 6.42 Å². The molecule has 0 spiro atoms. The van der Waals surface area contributed by atoms with Crippen molar-refractivity contribution in [2.75, 3.05) is 5.88 Å². The third-order valence-corrected chi connectivity index (χ3v) is 3.67. The molecule has 1 atom stereocenters. The number of amides is 1. The quantitative estimate of drug-likeness (QED) is 0.833. The summed E-state index contributed by atoms with van der Waals surface area (Å²) in [6, 6.07) is 16.8. The molecule has 104 valence electrons. The fourth-order valence-electron chi connectivity index (χ4n) is 1.95. The van der Waals surface area contributed by atoms with E-state index in [1.54, 1.807) is 24.3 Å². The number of benzene rings is 2. The molecular weight excluding hydrogens is 293 g/mol. The van der Waals surface area contributed by atoms with Gasteiger partial charge in [-0.2, -0.15) is 0 Å². The van der Waals surface area contributed by atoms with Gasteiger partial charge in [-0.1, -0.05) is 54.1 Å². The van der Waals surface area contributed by atoms with Gasteiger partial charge in [0.2, 0.25) is 0 Å². The summed E-state index contributed by atoms with van der Waals surface area (Å²) < 4.78 is 0. The van der Waals surface area contributed by atoms with Crippen molar-refractivity contribution in [2.45, 2.75) is 12.5 Å². The van der Waals surface area contributed by atoms with Crippen LogP contribution in [0.1, 0.15) is 15.9 Å². The van der Waals surface area contributed by atoms with Crippen LogP contribution in [0, 0.1) is 0 Å². The molecule has 0 aromatic heterocycles. The Balaban J connectivity index is 2.03. The average Bonchev–Trinajstić information content (AvgIpc) is 2.48. The number of nitrogens with one attached hydrogen (secondary N) is 1. The Bertz CT molecular complexity index is 572. The lowest BCUT2D eigenvalue weighted by atomic mass is 10.1. The first kappa shape index (κ1) is 14.9. The normalized spacial score (nSPS) is 11.9. The first-order valence-corrected chi connectivity index (χ1v) is 7.27. The fourth-order valence-corrected chi connectivity index (χ4v) is 2.36. The lowest BCUT2D eigenvalue weighted by Crippen LogP contribution is -2.37. The van der Waals surface area contributed by atoms with Crippen LogP contribution in [-0.4, -0.2) is 17.8 Å². The van der Waals surface area contributed by atoms with E-state index in [1.807, 2.05) is 30.3 Å². The molecular formula is C16H15Cl2NO. The molecule has 0 aliphatic rings. The van der Waals surface area contributed by atoms with Gasteiger partial charge in [-0.3, -0.25) is 4.79 Å². The number of rotatable bonds is 5. The summed E-state index contributed by atoms with van der Waals surface area (Å²) in [5, 5.41) is 3.36. The predicted octanol–water partition coefficient (Wildman–Crippen LogP) is 3.92. The molecule has 2 aromatic carbocycles. The van der Waals surface area contributed by atoms with E-state index in [1.165, 1.54) is 0 Å². The number of carbonyl (C=O) groups is 1. The van der Waals surface area contributed by atoms with Crippen molar-refractivity contribution in [1.29, 1.82) is 0 Å². The molecule has 4 heteroatoms. The number of alkyl halides is 1. The minimum absolute atomic E-state index is 0.122. The molecule has 0 heterocycles. The largest absolute Gasteiger partial charge is 0.348 e. The summed E-state index contributed by atoms with van der Waals surface area (Å²) in [6.07, 6.45) is 0.695. The smallest absolute Gasteiger partial charge is 0.253 e. The maximum absolute atomic E-state index is 12.2. The fraction of sp³-hybridized carbons (Fsp3) is 0.188. The van der Waals surface area contributed by atoms with E-state index in [0.29, 0.717) is 22.9 Å². The summed E-state index contributed by atoms with van der Waals surface area (Å²) in [6.45, 7) is 0. The van der Waals surface area contributed by atoms with Crippen molar-refractivity contribution in [3.63, 3.8) is 0 Å². The van der Waals surface area contributed by atoms with Crippen LogP contribution in [0.3, 0.4) is 0 Å². The number of hydrogen-bond donors (Lipinski definition) is 1. The predicted molar refractivity (Wildman–Crippen MR) is 83.6 cm³/mol. The standard InChI is InChI=1S/C16H15Cl2NO/c17-11-13(10-12-6-2-1-3-7-12)19-16(20)14-8-4-5-9-15(14)18/h1-9,13H,10-11H2,(H,19,20). The van der Waals surface area contributed by atoms with Crippen LogP contribution in [0.2, 0.25) is 5.02 Å². The van der Waals surface area contributed by atoms with Gasteiger partial charge in [-0.05, 0) is 24.1 Å². The molecule has 0 bridgehead atoms. The Hall–Kier alpha value is -1.51. The van der Waals surface area contributed by atoms with E-state index in [-0.39, 0.29) is 11.9 Å². The highest BCUT2D eigenvalue weighted by molar-refractivity contribution is 6.33. The Morgan fingerprint density at radius 1 is 1.05 bits per heavy atom. The van der Waals surface area contributed by atoms with E-state index in [2.05, 4.69) is 5.32 Å². The minimum Gasteiger partial charge on any atom is -0.348 e. The van der Waals surface area contributed by atoms with Crippen molar-refractivity contribution >= 4 is 29.1 Å². The Kier molecular flexibility index (Phi) is 5.45. The van der Waals surface area contributed by atoms with Crippen LogP contribution < -0.4 is 5.32 Å².